The average Bonchev–Trinajstić information content (AvgIpc) is 2.67. The van der Waals surface area contributed by atoms with Gasteiger partial charge in [-0.1, -0.05) is 37.3 Å². The normalized spacial score (nSPS) is 17.5. The number of aromatic nitrogens is 1. The highest BCUT2D eigenvalue weighted by Gasteiger charge is 2.13. The fourth-order valence-corrected chi connectivity index (χ4v) is 2.75. The maximum absolute atomic E-state index is 5.15. The second-order valence-electron chi connectivity index (χ2n) is 5.27. The van der Waals surface area contributed by atoms with Crippen LogP contribution in [-0.4, -0.2) is 11.7 Å². The lowest BCUT2D eigenvalue weighted by Crippen LogP contribution is -2.19. The van der Waals surface area contributed by atoms with Crippen LogP contribution in [0.1, 0.15) is 55.5 Å². The van der Waals surface area contributed by atoms with Gasteiger partial charge in [-0.25, -0.2) is 0 Å². The van der Waals surface area contributed by atoms with Crippen LogP contribution in [0.3, 0.4) is 0 Å². The fraction of sp³-hybridized carbons (Fsp3) is 0.786. The minimum absolute atomic E-state index is 0.897. The first kappa shape index (κ1) is 12.6. The number of aryl methyl sites for hydroxylation is 2. The fourth-order valence-electron chi connectivity index (χ4n) is 2.75. The zero-order valence-electron chi connectivity index (χ0n) is 11.1. The molecule has 3 nitrogen and oxygen atoms in total. The third kappa shape index (κ3) is 3.56. The highest BCUT2D eigenvalue weighted by molar-refractivity contribution is 5.20. The summed E-state index contributed by atoms with van der Waals surface area (Å²) < 4.78 is 5.15. The molecule has 1 aliphatic rings. The lowest BCUT2D eigenvalue weighted by Gasteiger charge is -2.21. The maximum atomic E-state index is 5.15. The quantitative estimate of drug-likeness (QED) is 0.797. The molecule has 0 saturated heterocycles. The summed E-state index contributed by atoms with van der Waals surface area (Å²) in [5, 5.41) is 7.49. The highest BCUT2D eigenvalue weighted by atomic mass is 16.5. The second kappa shape index (κ2) is 6.20. The van der Waals surface area contributed by atoms with E-state index >= 15 is 0 Å². The maximum Gasteiger partial charge on any atom is 0.138 e. The molecule has 1 fully saturated rings. The van der Waals surface area contributed by atoms with Gasteiger partial charge in [-0.15, -0.1) is 0 Å². The van der Waals surface area contributed by atoms with E-state index < -0.39 is 0 Å². The van der Waals surface area contributed by atoms with Gasteiger partial charge in [-0.3, -0.25) is 0 Å². The molecule has 1 aromatic heterocycles. The first-order valence-corrected chi connectivity index (χ1v) is 6.90. The first-order chi connectivity index (χ1) is 8.27. The molecule has 96 valence electrons. The van der Waals surface area contributed by atoms with E-state index in [-0.39, 0.29) is 0 Å². The number of hydrogen-bond donors (Lipinski definition) is 1. The third-order valence-corrected chi connectivity index (χ3v) is 3.94. The van der Waals surface area contributed by atoms with Crippen LogP contribution >= 0.6 is 0 Å². The van der Waals surface area contributed by atoms with Crippen LogP contribution in [-0.2, 0) is 6.54 Å². The molecule has 2 rings (SSSR count). The van der Waals surface area contributed by atoms with Gasteiger partial charge in [0.2, 0.25) is 0 Å². The lowest BCUT2D eigenvalue weighted by atomic mass is 9.87. The average molecular weight is 236 g/mol. The van der Waals surface area contributed by atoms with Crippen LogP contribution < -0.4 is 5.32 Å². The van der Waals surface area contributed by atoms with E-state index in [9.17, 15) is 0 Å². The van der Waals surface area contributed by atoms with Gasteiger partial charge in [0, 0.05) is 12.1 Å². The van der Waals surface area contributed by atoms with E-state index in [4.69, 9.17) is 4.52 Å². The van der Waals surface area contributed by atoms with Gasteiger partial charge in [0.05, 0.1) is 5.69 Å². The number of rotatable bonds is 5. The topological polar surface area (TPSA) is 38.1 Å². The summed E-state index contributed by atoms with van der Waals surface area (Å²) in [7, 11) is 0. The van der Waals surface area contributed by atoms with Gasteiger partial charge >= 0.3 is 0 Å². The van der Waals surface area contributed by atoms with Crippen molar-refractivity contribution in [3.63, 3.8) is 0 Å². The molecule has 0 bridgehead atoms. The predicted molar refractivity (Wildman–Crippen MR) is 68.9 cm³/mol. The van der Waals surface area contributed by atoms with Crippen molar-refractivity contribution in [1.29, 1.82) is 0 Å². The minimum atomic E-state index is 0.897. The smallest absolute Gasteiger partial charge is 0.138 e. The van der Waals surface area contributed by atoms with Crippen molar-refractivity contribution in [3.05, 3.63) is 17.0 Å². The van der Waals surface area contributed by atoms with E-state index in [1.54, 1.807) is 0 Å². The third-order valence-electron chi connectivity index (χ3n) is 3.94. The number of hydrogen-bond acceptors (Lipinski definition) is 3. The SMILES string of the molecule is Cc1noc(C)c1CNCCC1CCCCC1. The Balaban J connectivity index is 1.66. The Hall–Kier alpha value is -0.830. The van der Waals surface area contributed by atoms with Gasteiger partial charge in [-0.05, 0) is 32.7 Å². The van der Waals surface area contributed by atoms with Crippen LogP contribution in [0.4, 0.5) is 0 Å². The van der Waals surface area contributed by atoms with E-state index in [0.717, 1.165) is 30.5 Å². The molecule has 3 heteroatoms. The van der Waals surface area contributed by atoms with Gasteiger partial charge in [0.15, 0.2) is 0 Å². The summed E-state index contributed by atoms with van der Waals surface area (Å²) in [6.07, 6.45) is 8.52. The van der Waals surface area contributed by atoms with Crippen molar-refractivity contribution in [1.82, 2.24) is 10.5 Å². The van der Waals surface area contributed by atoms with Crippen LogP contribution in [0.5, 0.6) is 0 Å². The van der Waals surface area contributed by atoms with Crippen molar-refractivity contribution < 1.29 is 4.52 Å². The standard InChI is InChI=1S/C14H24N2O/c1-11-14(12(2)17-16-11)10-15-9-8-13-6-4-3-5-7-13/h13,15H,3-10H2,1-2H3. The Morgan fingerprint density at radius 1 is 1.24 bits per heavy atom. The second-order valence-corrected chi connectivity index (χ2v) is 5.27. The predicted octanol–water partition coefficient (Wildman–Crippen LogP) is 3.35. The van der Waals surface area contributed by atoms with E-state index in [0.29, 0.717) is 0 Å². The van der Waals surface area contributed by atoms with Crippen molar-refractivity contribution in [2.75, 3.05) is 6.54 Å². The van der Waals surface area contributed by atoms with Crippen LogP contribution in [0, 0.1) is 19.8 Å². The molecule has 0 radical (unpaired) electrons. The number of nitrogens with one attached hydrogen (secondary N) is 1. The van der Waals surface area contributed by atoms with E-state index in [1.807, 2.05) is 13.8 Å². The molecule has 0 unspecified atom stereocenters. The molecule has 0 atom stereocenters. The molecule has 1 heterocycles. The van der Waals surface area contributed by atoms with Crippen molar-refractivity contribution in [2.45, 2.75) is 58.9 Å². The summed E-state index contributed by atoms with van der Waals surface area (Å²) in [6, 6.07) is 0. The zero-order chi connectivity index (χ0) is 12.1. The van der Waals surface area contributed by atoms with Crippen molar-refractivity contribution >= 4 is 0 Å². The molecule has 17 heavy (non-hydrogen) atoms. The Morgan fingerprint density at radius 3 is 2.65 bits per heavy atom. The monoisotopic (exact) mass is 236 g/mol. The summed E-state index contributed by atoms with van der Waals surface area (Å²) in [5.41, 5.74) is 2.25. The van der Waals surface area contributed by atoms with Crippen LogP contribution in [0.15, 0.2) is 4.52 Å². The van der Waals surface area contributed by atoms with Gasteiger partial charge in [0.1, 0.15) is 5.76 Å². The van der Waals surface area contributed by atoms with Crippen molar-refractivity contribution in [2.24, 2.45) is 5.92 Å². The first-order valence-electron chi connectivity index (χ1n) is 6.90. The van der Waals surface area contributed by atoms with Gasteiger partial charge in [0.25, 0.3) is 0 Å². The highest BCUT2D eigenvalue weighted by Crippen LogP contribution is 2.25. The summed E-state index contributed by atoms with van der Waals surface area (Å²) in [4.78, 5) is 0. The molecule has 1 saturated carbocycles. The Bertz CT molecular complexity index is 320. The lowest BCUT2D eigenvalue weighted by molar-refractivity contribution is 0.333. The zero-order valence-corrected chi connectivity index (χ0v) is 11.1. The Morgan fingerprint density at radius 2 is 2.00 bits per heavy atom. The Kier molecular flexibility index (Phi) is 4.60. The van der Waals surface area contributed by atoms with Crippen molar-refractivity contribution in [3.8, 4) is 0 Å². The molecule has 0 aliphatic heterocycles. The van der Waals surface area contributed by atoms with Gasteiger partial charge in [-0.2, -0.15) is 0 Å². The summed E-state index contributed by atoms with van der Waals surface area (Å²) in [5.74, 6) is 1.91. The van der Waals surface area contributed by atoms with E-state index in [1.165, 1.54) is 44.1 Å². The molecule has 1 aromatic rings. The minimum Gasteiger partial charge on any atom is -0.361 e. The molecule has 0 spiro atoms. The number of nitrogens with zero attached hydrogens (tertiary/aromatic N) is 1. The van der Waals surface area contributed by atoms with Crippen LogP contribution in [0.2, 0.25) is 0 Å². The summed E-state index contributed by atoms with van der Waals surface area (Å²) >= 11 is 0. The molecule has 1 N–H and O–H groups in total. The molecule has 1 aliphatic carbocycles. The summed E-state index contributed by atoms with van der Waals surface area (Å²) in [6.45, 7) is 6.01. The molecular formula is C14H24N2O. The molecule has 0 aromatic carbocycles. The molecular weight excluding hydrogens is 212 g/mol. The molecule has 0 amide bonds. The largest absolute Gasteiger partial charge is 0.361 e. The Labute approximate surface area is 104 Å². The van der Waals surface area contributed by atoms with Crippen LogP contribution in [0.25, 0.3) is 0 Å². The van der Waals surface area contributed by atoms with E-state index in [2.05, 4.69) is 10.5 Å². The van der Waals surface area contributed by atoms with Gasteiger partial charge < -0.3 is 9.84 Å².